The second-order valence-electron chi connectivity index (χ2n) is 4.59. The van der Waals surface area contributed by atoms with Crippen LogP contribution in [0.15, 0.2) is 72.9 Å². The van der Waals surface area contributed by atoms with Gasteiger partial charge >= 0.3 is 0 Å². The summed E-state index contributed by atoms with van der Waals surface area (Å²) in [6.07, 6.45) is 2.16. The number of nitrogens with one attached hydrogen (secondary N) is 1. The maximum atomic E-state index is 11.0. The van der Waals surface area contributed by atoms with E-state index in [1.807, 2.05) is 60.8 Å². The zero-order valence-electron chi connectivity index (χ0n) is 12.4. The molecule has 0 atom stereocenters. The Kier molecular flexibility index (Phi) is 6.08. The van der Waals surface area contributed by atoms with Gasteiger partial charge in [-0.15, -0.1) is 0 Å². The van der Waals surface area contributed by atoms with Crippen molar-refractivity contribution in [2.75, 3.05) is 7.11 Å². The number of hydroxylamine groups is 1. The maximum absolute atomic E-state index is 11.0. The van der Waals surface area contributed by atoms with Crippen LogP contribution in [0.2, 0.25) is 0 Å². The quantitative estimate of drug-likeness (QED) is 0.755. The van der Waals surface area contributed by atoms with Crippen molar-refractivity contribution in [3.8, 4) is 0 Å². The summed E-state index contributed by atoms with van der Waals surface area (Å²) < 4.78 is 0. The first-order valence-electron chi connectivity index (χ1n) is 6.95. The molecule has 0 saturated heterocycles. The van der Waals surface area contributed by atoms with Crippen LogP contribution in [-0.2, 0) is 16.1 Å². The minimum atomic E-state index is -0.135. The lowest BCUT2D eigenvalue weighted by molar-refractivity contribution is -0.130. The van der Waals surface area contributed by atoms with Crippen LogP contribution in [0.1, 0.15) is 5.56 Å². The first kappa shape index (κ1) is 15.7. The SMILES string of the molecule is CONC(=O)Cc1ccccc1.c1ccc2ncccc2c1. The van der Waals surface area contributed by atoms with E-state index in [1.165, 1.54) is 12.5 Å². The Morgan fingerprint density at radius 1 is 1.00 bits per heavy atom. The molecule has 0 radical (unpaired) electrons. The Hall–Kier alpha value is -2.72. The van der Waals surface area contributed by atoms with Gasteiger partial charge in [-0.25, -0.2) is 5.48 Å². The smallest absolute Gasteiger partial charge is 0.247 e. The highest BCUT2D eigenvalue weighted by Crippen LogP contribution is 2.07. The molecule has 4 nitrogen and oxygen atoms in total. The summed E-state index contributed by atoms with van der Waals surface area (Å²) in [6, 6.07) is 21.6. The first-order chi connectivity index (χ1) is 10.8. The van der Waals surface area contributed by atoms with Gasteiger partial charge in [0.05, 0.1) is 19.0 Å². The number of para-hydroxylation sites is 1. The molecule has 3 aromatic rings. The van der Waals surface area contributed by atoms with Crippen molar-refractivity contribution >= 4 is 16.8 Å². The molecular weight excluding hydrogens is 276 g/mol. The van der Waals surface area contributed by atoms with Crippen molar-refractivity contribution in [3.63, 3.8) is 0 Å². The van der Waals surface area contributed by atoms with Crippen molar-refractivity contribution in [3.05, 3.63) is 78.5 Å². The van der Waals surface area contributed by atoms with Crippen LogP contribution in [-0.4, -0.2) is 18.0 Å². The van der Waals surface area contributed by atoms with Gasteiger partial charge in [0.25, 0.3) is 0 Å². The van der Waals surface area contributed by atoms with E-state index < -0.39 is 0 Å². The fourth-order valence-corrected chi connectivity index (χ4v) is 1.95. The highest BCUT2D eigenvalue weighted by molar-refractivity contribution is 5.78. The van der Waals surface area contributed by atoms with Gasteiger partial charge < -0.3 is 0 Å². The molecule has 0 spiro atoms. The number of hydrogen-bond acceptors (Lipinski definition) is 3. The fraction of sp³-hybridized carbons (Fsp3) is 0.111. The number of carbonyl (C=O) groups excluding carboxylic acids is 1. The highest BCUT2D eigenvalue weighted by atomic mass is 16.6. The Morgan fingerprint density at radius 2 is 1.68 bits per heavy atom. The molecule has 0 aliphatic carbocycles. The van der Waals surface area contributed by atoms with Gasteiger partial charge in [-0.2, -0.15) is 0 Å². The summed E-state index contributed by atoms with van der Waals surface area (Å²) in [5, 5.41) is 1.20. The topological polar surface area (TPSA) is 51.2 Å². The number of amides is 1. The third-order valence-electron chi connectivity index (χ3n) is 2.94. The van der Waals surface area contributed by atoms with Gasteiger partial charge in [-0.05, 0) is 17.7 Å². The van der Waals surface area contributed by atoms with Crippen LogP contribution in [0.25, 0.3) is 10.9 Å². The molecule has 0 unspecified atom stereocenters. The Bertz CT molecular complexity index is 649. The average Bonchev–Trinajstić information content (AvgIpc) is 2.57. The minimum absolute atomic E-state index is 0.135. The summed E-state index contributed by atoms with van der Waals surface area (Å²) in [5.74, 6) is -0.135. The lowest BCUT2D eigenvalue weighted by atomic mass is 10.1. The van der Waals surface area contributed by atoms with Crippen LogP contribution in [0.3, 0.4) is 0 Å². The number of hydrogen-bond donors (Lipinski definition) is 1. The molecule has 0 saturated carbocycles. The van der Waals surface area contributed by atoms with Crippen molar-refractivity contribution < 1.29 is 9.63 Å². The lowest BCUT2D eigenvalue weighted by Crippen LogP contribution is -2.23. The summed E-state index contributed by atoms with van der Waals surface area (Å²) >= 11 is 0. The van der Waals surface area contributed by atoms with Crippen LogP contribution in [0.5, 0.6) is 0 Å². The molecule has 2 aromatic carbocycles. The zero-order valence-corrected chi connectivity index (χ0v) is 12.4. The Balaban J connectivity index is 0.000000162. The molecule has 0 aliphatic rings. The third-order valence-corrected chi connectivity index (χ3v) is 2.94. The second-order valence-corrected chi connectivity index (χ2v) is 4.59. The van der Waals surface area contributed by atoms with E-state index in [-0.39, 0.29) is 5.91 Å². The number of carbonyl (C=O) groups is 1. The minimum Gasteiger partial charge on any atom is -0.277 e. The van der Waals surface area contributed by atoms with Crippen molar-refractivity contribution in [1.82, 2.24) is 10.5 Å². The first-order valence-corrected chi connectivity index (χ1v) is 6.95. The van der Waals surface area contributed by atoms with E-state index in [9.17, 15) is 4.79 Å². The molecular formula is C18H18N2O2. The average molecular weight is 294 g/mol. The molecule has 1 aromatic heterocycles. The molecule has 4 heteroatoms. The van der Waals surface area contributed by atoms with Gasteiger partial charge in [-0.3, -0.25) is 14.6 Å². The maximum Gasteiger partial charge on any atom is 0.247 e. The van der Waals surface area contributed by atoms with E-state index in [4.69, 9.17) is 0 Å². The molecule has 3 rings (SSSR count). The molecule has 0 bridgehead atoms. The van der Waals surface area contributed by atoms with E-state index in [1.54, 1.807) is 0 Å². The van der Waals surface area contributed by atoms with Crippen molar-refractivity contribution in [1.29, 1.82) is 0 Å². The van der Waals surface area contributed by atoms with Crippen molar-refractivity contribution in [2.45, 2.75) is 6.42 Å². The van der Waals surface area contributed by atoms with Gasteiger partial charge in [-0.1, -0.05) is 54.6 Å². The van der Waals surface area contributed by atoms with E-state index in [2.05, 4.69) is 27.4 Å². The zero-order chi connectivity index (χ0) is 15.6. The molecule has 1 amide bonds. The molecule has 22 heavy (non-hydrogen) atoms. The normalized spacial score (nSPS) is 9.68. The van der Waals surface area contributed by atoms with Crippen LogP contribution >= 0.6 is 0 Å². The summed E-state index contributed by atoms with van der Waals surface area (Å²) in [7, 11) is 1.42. The lowest BCUT2D eigenvalue weighted by Gasteiger charge is -2.00. The predicted molar refractivity (Wildman–Crippen MR) is 87.0 cm³/mol. The summed E-state index contributed by atoms with van der Waals surface area (Å²) in [5.41, 5.74) is 4.29. The predicted octanol–water partition coefficient (Wildman–Crippen LogP) is 3.14. The highest BCUT2D eigenvalue weighted by Gasteiger charge is 2.00. The van der Waals surface area contributed by atoms with Crippen molar-refractivity contribution in [2.24, 2.45) is 0 Å². The summed E-state index contributed by atoms with van der Waals surface area (Å²) in [6.45, 7) is 0. The van der Waals surface area contributed by atoms with Crippen LogP contribution < -0.4 is 5.48 Å². The van der Waals surface area contributed by atoms with E-state index in [0.29, 0.717) is 6.42 Å². The molecule has 1 heterocycles. The number of rotatable bonds is 3. The molecule has 1 N–H and O–H groups in total. The van der Waals surface area contributed by atoms with Crippen LogP contribution in [0.4, 0.5) is 0 Å². The molecule has 0 aliphatic heterocycles. The van der Waals surface area contributed by atoms with Gasteiger partial charge in [0.2, 0.25) is 5.91 Å². The van der Waals surface area contributed by atoms with Gasteiger partial charge in [0, 0.05) is 11.6 Å². The number of aromatic nitrogens is 1. The van der Waals surface area contributed by atoms with Gasteiger partial charge in [0.15, 0.2) is 0 Å². The number of fused-ring (bicyclic) bond motifs is 1. The third kappa shape index (κ3) is 5.00. The molecule has 0 fully saturated rings. The number of nitrogens with zero attached hydrogens (tertiary/aromatic N) is 1. The Labute approximate surface area is 129 Å². The van der Waals surface area contributed by atoms with Crippen LogP contribution in [0, 0.1) is 0 Å². The second kappa shape index (κ2) is 8.54. The summed E-state index contributed by atoms with van der Waals surface area (Å²) in [4.78, 5) is 19.6. The largest absolute Gasteiger partial charge is 0.277 e. The molecule has 112 valence electrons. The van der Waals surface area contributed by atoms with E-state index >= 15 is 0 Å². The number of benzene rings is 2. The van der Waals surface area contributed by atoms with Gasteiger partial charge in [0.1, 0.15) is 0 Å². The Morgan fingerprint density at radius 3 is 2.41 bits per heavy atom. The standard InChI is InChI=1S/C9H11NO2.C9H7N/c1-12-10-9(11)7-8-5-3-2-4-6-8;1-2-6-9-8(4-1)5-3-7-10-9/h2-6H,7H2,1H3,(H,10,11);1-7H. The number of pyridine rings is 1. The van der Waals surface area contributed by atoms with E-state index in [0.717, 1.165) is 11.1 Å². The fourth-order valence-electron chi connectivity index (χ4n) is 1.95. The monoisotopic (exact) mass is 294 g/mol.